The molecule has 0 saturated heterocycles. The van der Waals surface area contributed by atoms with Crippen LogP contribution in [-0.2, 0) is 19.1 Å². The molecule has 0 bridgehead atoms. The van der Waals surface area contributed by atoms with Crippen LogP contribution >= 0.6 is 0 Å². The Balaban J connectivity index is 1.07. The van der Waals surface area contributed by atoms with E-state index in [0.29, 0.717) is 72.6 Å². The number of para-hydroxylation sites is 4. The minimum Gasteiger partial charge on any atom is -0.310 e. The molecule has 13 aromatic carbocycles. The highest BCUT2D eigenvalue weighted by atomic mass is 15.2. The predicted octanol–water partition coefficient (Wildman–Crippen LogP) is 23.4. The highest BCUT2D eigenvalue weighted by molar-refractivity contribution is 7.00. The lowest BCUT2D eigenvalue weighted by Crippen LogP contribution is -2.61. The Kier molecular flexibility index (Phi) is 11.3. The molecule has 0 atom stereocenters. The summed E-state index contributed by atoms with van der Waals surface area (Å²) in [5.74, 6) is 0. The molecule has 476 valence electrons. The van der Waals surface area contributed by atoms with Gasteiger partial charge >= 0.3 is 0 Å². The summed E-state index contributed by atoms with van der Waals surface area (Å²) in [5.41, 5.74) is 14.4. The number of anilines is 6. The van der Waals surface area contributed by atoms with E-state index >= 15 is 0 Å². The maximum absolute atomic E-state index is 10.7. The lowest BCUT2D eigenvalue weighted by Gasteiger charge is -2.46. The van der Waals surface area contributed by atoms with E-state index in [1.54, 1.807) is 24.3 Å². The van der Waals surface area contributed by atoms with Crippen LogP contribution in [0.4, 0.5) is 34.1 Å². The van der Waals surface area contributed by atoms with Gasteiger partial charge in [-0.3, -0.25) is 0 Å². The molecule has 0 aliphatic carbocycles. The molecule has 15 aromatic rings. The first-order chi connectivity index (χ1) is 53.1. The Bertz CT molecular complexity index is 5930. The molecule has 2 aromatic heterocycles. The standard InChI is InChI=1S/C93H81BN4/c1-91(2,3)58-61-44-50-82-76(52-61)74-36-22-24-42-80(74)95(82)68-46-48-78-84(56-68)97(89-70(64-28-14-10-15-29-64)38-26-39-71(89)65-30-16-11-17-31-65)86-54-63(60-93(7,8)9)55-87-88(86)94(78)79-49-47-69(96-81-43-25-23-37-75(81)77-53-62(45-51-83(77)96)59-92(4,5)6)57-85(79)98(87)90-72(66-32-18-12-19-33-66)40-27-41-73(90)67-34-20-13-21-35-67/h10-57H,58-60H2,1-9H3/i22D,23D,24D,25D,36D,37D,42D,43D,58D2,59D2,60D2. The summed E-state index contributed by atoms with van der Waals surface area (Å²) >= 11 is 0. The molecule has 0 N–H and O–H groups in total. The fraction of sp³-hybridized carbons (Fsp3) is 0.161. The first-order valence-electron chi connectivity index (χ1n) is 40.8. The zero-order chi connectivity index (χ0) is 79.1. The summed E-state index contributed by atoms with van der Waals surface area (Å²) in [6.07, 6.45) is -5.84. The van der Waals surface area contributed by atoms with Gasteiger partial charge in [0.1, 0.15) is 0 Å². The smallest absolute Gasteiger partial charge is 0.252 e. The van der Waals surface area contributed by atoms with Crippen LogP contribution in [0.3, 0.4) is 0 Å². The van der Waals surface area contributed by atoms with Crippen molar-refractivity contribution < 1.29 is 19.2 Å². The van der Waals surface area contributed by atoms with Crippen LogP contribution in [0.2, 0.25) is 0 Å². The molecule has 17 rings (SSSR count). The van der Waals surface area contributed by atoms with E-state index in [0.717, 1.165) is 72.3 Å². The number of aromatic nitrogens is 2. The lowest BCUT2D eigenvalue weighted by atomic mass is 9.33. The minimum absolute atomic E-state index is 0.200. The van der Waals surface area contributed by atoms with Gasteiger partial charge in [-0.05, 0) is 163 Å². The van der Waals surface area contributed by atoms with E-state index in [4.69, 9.17) is 0 Å². The van der Waals surface area contributed by atoms with E-state index < -0.39 is 66.2 Å². The Morgan fingerprint density at radius 3 is 1.02 bits per heavy atom. The maximum Gasteiger partial charge on any atom is 0.252 e. The fourth-order valence-corrected chi connectivity index (χ4v) is 15.2. The van der Waals surface area contributed by atoms with Crippen LogP contribution in [-0.4, -0.2) is 15.8 Å². The average Bonchev–Trinajstić information content (AvgIpc) is 0.780. The quantitative estimate of drug-likeness (QED) is 0.120. The second kappa shape index (κ2) is 23.5. The Morgan fingerprint density at radius 1 is 0.316 bits per heavy atom. The summed E-state index contributed by atoms with van der Waals surface area (Å²) in [6, 6.07) is 77.8. The van der Waals surface area contributed by atoms with Gasteiger partial charge in [0.15, 0.2) is 0 Å². The largest absolute Gasteiger partial charge is 0.310 e. The second-order valence-electron chi connectivity index (χ2n) is 29.1. The molecule has 98 heavy (non-hydrogen) atoms. The van der Waals surface area contributed by atoms with Crippen molar-refractivity contribution in [3.63, 3.8) is 0 Å². The van der Waals surface area contributed by atoms with Crippen LogP contribution in [0.15, 0.2) is 291 Å². The van der Waals surface area contributed by atoms with Gasteiger partial charge in [0.25, 0.3) is 6.71 Å². The highest BCUT2D eigenvalue weighted by Crippen LogP contribution is 2.54. The van der Waals surface area contributed by atoms with Crippen molar-refractivity contribution in [2.24, 2.45) is 16.2 Å². The number of rotatable bonds is 11. The normalized spacial score (nSPS) is 15.5. The van der Waals surface area contributed by atoms with Gasteiger partial charge in [0.05, 0.1) is 44.4 Å². The van der Waals surface area contributed by atoms with Crippen LogP contribution in [0.1, 0.15) is 98.2 Å². The molecule has 4 heterocycles. The predicted molar refractivity (Wildman–Crippen MR) is 420 cm³/mol. The SMILES string of the molecule is [2H]c1c([2H])c([2H])c2c(c1[2H])c1cc(C([2H])([2H])C(C)(C)C)ccc1n2-c1ccc2c(c1)N(c1c(-c3ccccc3)cccc1-c1ccccc1)c1cc(C([2H])([2H])C(C)(C)C)cc3c1B2c1ccc(-n2c4ccc(C([2H])([2H])C(C)(C)C)cc4c4c([2H])c([2H])c([2H])c([2H])c42)cc1N3c1c(-c2ccccc2)cccc1-c1ccccc1. The molecular formula is C93H81BN4. The monoisotopic (exact) mass is 1280 g/mol. The molecule has 0 unspecified atom stereocenters. The number of fused-ring (bicyclic) bond motifs is 10. The van der Waals surface area contributed by atoms with E-state index in [-0.39, 0.29) is 46.0 Å². The van der Waals surface area contributed by atoms with E-state index in [9.17, 15) is 19.2 Å². The summed E-state index contributed by atoms with van der Waals surface area (Å²) < 4.78 is 140. The summed E-state index contributed by atoms with van der Waals surface area (Å²) in [4.78, 5) is 4.58. The molecular weight excluding hydrogens is 1180 g/mol. The minimum atomic E-state index is -2.08. The summed E-state index contributed by atoms with van der Waals surface area (Å²) in [5, 5.41) is 1.36. The van der Waals surface area contributed by atoms with Crippen molar-refractivity contribution in [2.75, 3.05) is 9.80 Å². The fourth-order valence-electron chi connectivity index (χ4n) is 15.2. The van der Waals surface area contributed by atoms with Crippen molar-refractivity contribution in [2.45, 2.75) is 81.4 Å². The van der Waals surface area contributed by atoms with Gasteiger partial charge in [0, 0.05) is 86.1 Å². The third-order valence-electron chi connectivity index (χ3n) is 18.8. The molecule has 2 aliphatic heterocycles. The van der Waals surface area contributed by atoms with Gasteiger partial charge in [0.2, 0.25) is 0 Å². The zero-order valence-corrected chi connectivity index (χ0v) is 56.5. The molecule has 0 saturated carbocycles. The molecule has 0 fully saturated rings. The number of hydrogen-bond acceptors (Lipinski definition) is 2. The third kappa shape index (κ3) is 10.6. The van der Waals surface area contributed by atoms with Gasteiger partial charge in [-0.2, -0.15) is 0 Å². The highest BCUT2D eigenvalue weighted by Gasteiger charge is 2.46. The summed E-state index contributed by atoms with van der Waals surface area (Å²) in [7, 11) is 0. The first-order valence-corrected chi connectivity index (χ1v) is 33.8. The Hall–Kier alpha value is -10.9. The molecule has 0 radical (unpaired) electrons. The topological polar surface area (TPSA) is 16.3 Å². The first kappa shape index (κ1) is 47.1. The maximum atomic E-state index is 10.7. The molecule has 5 heteroatoms. The third-order valence-corrected chi connectivity index (χ3v) is 18.8. The number of nitrogens with zero attached hydrogens (tertiary/aromatic N) is 4. The molecule has 0 spiro atoms. The van der Waals surface area contributed by atoms with Gasteiger partial charge in [-0.1, -0.05) is 281 Å². The Morgan fingerprint density at radius 2 is 0.663 bits per heavy atom. The lowest BCUT2D eigenvalue weighted by molar-refractivity contribution is 0.411. The van der Waals surface area contributed by atoms with E-state index in [2.05, 4.69) is 119 Å². The molecule has 2 aliphatic rings. The number of hydrogen-bond donors (Lipinski definition) is 0. The van der Waals surface area contributed by atoms with Crippen molar-refractivity contribution in [1.29, 1.82) is 0 Å². The second-order valence-corrected chi connectivity index (χ2v) is 29.1. The van der Waals surface area contributed by atoms with Crippen molar-refractivity contribution in [3.05, 3.63) is 308 Å². The van der Waals surface area contributed by atoms with Crippen LogP contribution < -0.4 is 26.2 Å². The van der Waals surface area contributed by atoms with Gasteiger partial charge in [-0.15, -0.1) is 0 Å². The van der Waals surface area contributed by atoms with E-state index in [1.165, 1.54) is 0 Å². The number of benzene rings is 13. The van der Waals surface area contributed by atoms with Gasteiger partial charge in [-0.25, -0.2) is 0 Å². The Labute approximate surface area is 597 Å². The summed E-state index contributed by atoms with van der Waals surface area (Å²) in [6.45, 7) is 16.1. The van der Waals surface area contributed by atoms with Crippen LogP contribution in [0.5, 0.6) is 0 Å². The van der Waals surface area contributed by atoms with E-state index in [1.807, 2.05) is 181 Å². The molecule has 4 nitrogen and oxygen atoms in total. The average molecular weight is 1280 g/mol. The van der Waals surface area contributed by atoms with Crippen molar-refractivity contribution in [3.8, 4) is 55.9 Å². The molecule has 0 amide bonds. The van der Waals surface area contributed by atoms with Crippen molar-refractivity contribution in [1.82, 2.24) is 9.13 Å². The zero-order valence-electron chi connectivity index (χ0n) is 70.5. The van der Waals surface area contributed by atoms with Crippen LogP contribution in [0.25, 0.3) is 99.5 Å². The van der Waals surface area contributed by atoms with Gasteiger partial charge < -0.3 is 18.9 Å². The van der Waals surface area contributed by atoms with Crippen LogP contribution in [0, 0.1) is 16.2 Å². The van der Waals surface area contributed by atoms with Crippen molar-refractivity contribution >= 4 is 101 Å².